The smallest absolute Gasteiger partial charge is 0.222 e. The summed E-state index contributed by atoms with van der Waals surface area (Å²) in [6, 6.07) is 7.80. The molecule has 0 fully saturated rings. The molecule has 20 heavy (non-hydrogen) atoms. The lowest BCUT2D eigenvalue weighted by molar-refractivity contribution is -0.123. The second kappa shape index (κ2) is 8.55. The molecule has 2 unspecified atom stereocenters. The van der Waals surface area contributed by atoms with Gasteiger partial charge in [0.2, 0.25) is 5.91 Å². The van der Waals surface area contributed by atoms with Gasteiger partial charge in [0, 0.05) is 13.7 Å². The van der Waals surface area contributed by atoms with E-state index in [-0.39, 0.29) is 24.5 Å². The van der Waals surface area contributed by atoms with E-state index in [0.29, 0.717) is 13.1 Å². The Morgan fingerprint density at radius 2 is 2.10 bits per heavy atom. The van der Waals surface area contributed by atoms with E-state index in [0.717, 1.165) is 11.3 Å². The van der Waals surface area contributed by atoms with E-state index in [1.807, 2.05) is 38.1 Å². The molecular formula is C15H24N2O3. The second-order valence-corrected chi connectivity index (χ2v) is 4.80. The lowest BCUT2D eigenvalue weighted by Crippen LogP contribution is -2.37. The molecule has 0 aliphatic rings. The first-order valence-corrected chi connectivity index (χ1v) is 6.78. The van der Waals surface area contributed by atoms with E-state index in [9.17, 15) is 4.79 Å². The first kappa shape index (κ1) is 16.5. The summed E-state index contributed by atoms with van der Waals surface area (Å²) in [6.45, 7) is 4.70. The van der Waals surface area contributed by atoms with Gasteiger partial charge >= 0.3 is 0 Å². The largest absolute Gasteiger partial charge is 0.489 e. The maximum Gasteiger partial charge on any atom is 0.222 e. The van der Waals surface area contributed by atoms with Crippen LogP contribution in [0.5, 0.6) is 5.75 Å². The maximum absolute atomic E-state index is 11.7. The molecule has 0 heterocycles. The highest BCUT2D eigenvalue weighted by molar-refractivity contribution is 5.76. The molecule has 0 bridgehead atoms. The summed E-state index contributed by atoms with van der Waals surface area (Å²) in [5.74, 6) is 0.758. The molecular weight excluding hydrogens is 256 g/mol. The predicted octanol–water partition coefficient (Wildman–Crippen LogP) is 1.24. The Balaban J connectivity index is 2.34. The van der Waals surface area contributed by atoms with Crippen LogP contribution < -0.4 is 15.8 Å². The fourth-order valence-electron chi connectivity index (χ4n) is 1.75. The molecule has 3 N–H and O–H groups in total. The minimum Gasteiger partial charge on any atom is -0.489 e. The monoisotopic (exact) mass is 280 g/mol. The Hall–Kier alpha value is -1.59. The van der Waals surface area contributed by atoms with Crippen molar-refractivity contribution < 1.29 is 14.3 Å². The van der Waals surface area contributed by atoms with Gasteiger partial charge in [0.05, 0.1) is 19.1 Å². The van der Waals surface area contributed by atoms with Crippen molar-refractivity contribution in [1.82, 2.24) is 5.32 Å². The number of hydrogen-bond acceptors (Lipinski definition) is 4. The first-order valence-electron chi connectivity index (χ1n) is 6.78. The predicted molar refractivity (Wildman–Crippen MR) is 78.7 cm³/mol. The van der Waals surface area contributed by atoms with Crippen molar-refractivity contribution >= 4 is 5.91 Å². The number of benzene rings is 1. The number of rotatable bonds is 8. The maximum atomic E-state index is 11.7. The van der Waals surface area contributed by atoms with Crippen LogP contribution in [0.2, 0.25) is 0 Å². The van der Waals surface area contributed by atoms with Crippen LogP contribution >= 0.6 is 0 Å². The van der Waals surface area contributed by atoms with Crippen LogP contribution in [0.25, 0.3) is 0 Å². The van der Waals surface area contributed by atoms with Crippen LogP contribution in [0.3, 0.4) is 0 Å². The van der Waals surface area contributed by atoms with Crippen LogP contribution in [-0.4, -0.2) is 38.3 Å². The van der Waals surface area contributed by atoms with Crippen molar-refractivity contribution in [3.05, 3.63) is 29.8 Å². The van der Waals surface area contributed by atoms with Gasteiger partial charge in [-0.1, -0.05) is 18.2 Å². The standard InChI is InChI=1S/C15H24N2O3/c1-11-6-4-5-7-14(11)20-12(2)10-17-15(18)8-13(9-16)19-3/h4-7,12-13H,8-10,16H2,1-3H3,(H,17,18). The molecule has 0 radical (unpaired) electrons. The fraction of sp³-hybridized carbons (Fsp3) is 0.533. The molecule has 1 amide bonds. The van der Waals surface area contributed by atoms with Crippen molar-refractivity contribution in [2.45, 2.75) is 32.5 Å². The highest BCUT2D eigenvalue weighted by atomic mass is 16.5. The zero-order chi connectivity index (χ0) is 15.0. The number of methoxy groups -OCH3 is 1. The van der Waals surface area contributed by atoms with Crippen molar-refractivity contribution in [2.75, 3.05) is 20.2 Å². The van der Waals surface area contributed by atoms with Crippen LogP contribution in [-0.2, 0) is 9.53 Å². The van der Waals surface area contributed by atoms with Gasteiger partial charge in [-0.05, 0) is 25.5 Å². The number of nitrogens with two attached hydrogens (primary N) is 1. The summed E-state index contributed by atoms with van der Waals surface area (Å²) in [5.41, 5.74) is 6.55. The van der Waals surface area contributed by atoms with E-state index in [1.54, 1.807) is 7.11 Å². The van der Waals surface area contributed by atoms with Crippen molar-refractivity contribution in [3.8, 4) is 5.75 Å². The van der Waals surface area contributed by atoms with Gasteiger partial charge in [0.15, 0.2) is 0 Å². The SMILES string of the molecule is COC(CN)CC(=O)NCC(C)Oc1ccccc1C. The Morgan fingerprint density at radius 1 is 1.40 bits per heavy atom. The lowest BCUT2D eigenvalue weighted by atomic mass is 10.2. The summed E-state index contributed by atoms with van der Waals surface area (Å²) >= 11 is 0. The normalized spacial score (nSPS) is 13.6. The van der Waals surface area contributed by atoms with Crippen molar-refractivity contribution in [2.24, 2.45) is 5.73 Å². The average Bonchev–Trinajstić information content (AvgIpc) is 2.45. The number of aryl methyl sites for hydroxylation is 1. The minimum absolute atomic E-state index is 0.0810. The van der Waals surface area contributed by atoms with E-state index < -0.39 is 0 Å². The molecule has 2 atom stereocenters. The molecule has 112 valence electrons. The lowest BCUT2D eigenvalue weighted by Gasteiger charge is -2.18. The molecule has 1 rings (SSSR count). The van der Waals surface area contributed by atoms with E-state index in [2.05, 4.69) is 5.32 Å². The molecule has 5 nitrogen and oxygen atoms in total. The number of carbonyl (C=O) groups excluding carboxylic acids is 1. The highest BCUT2D eigenvalue weighted by Gasteiger charge is 2.13. The Bertz CT molecular complexity index is 419. The van der Waals surface area contributed by atoms with Gasteiger partial charge in [-0.15, -0.1) is 0 Å². The summed E-state index contributed by atoms with van der Waals surface area (Å²) in [4.78, 5) is 11.7. The van der Waals surface area contributed by atoms with Gasteiger partial charge in [0.25, 0.3) is 0 Å². The van der Waals surface area contributed by atoms with Gasteiger partial charge in [-0.25, -0.2) is 0 Å². The minimum atomic E-state index is -0.234. The van der Waals surface area contributed by atoms with Gasteiger partial charge < -0.3 is 20.5 Å². The van der Waals surface area contributed by atoms with Gasteiger partial charge in [0.1, 0.15) is 11.9 Å². The van der Waals surface area contributed by atoms with E-state index in [1.165, 1.54) is 0 Å². The highest BCUT2D eigenvalue weighted by Crippen LogP contribution is 2.17. The molecule has 0 aliphatic carbocycles. The third-order valence-electron chi connectivity index (χ3n) is 3.02. The number of ether oxygens (including phenoxy) is 2. The zero-order valence-corrected chi connectivity index (χ0v) is 12.4. The summed E-state index contributed by atoms with van der Waals surface area (Å²) in [5, 5.41) is 2.82. The second-order valence-electron chi connectivity index (χ2n) is 4.80. The molecule has 1 aromatic rings. The molecule has 5 heteroatoms. The van der Waals surface area contributed by atoms with Gasteiger partial charge in [-0.3, -0.25) is 4.79 Å². The Labute approximate surface area is 120 Å². The number of nitrogens with one attached hydrogen (secondary N) is 1. The average molecular weight is 280 g/mol. The number of para-hydroxylation sites is 1. The van der Waals surface area contributed by atoms with Gasteiger partial charge in [-0.2, -0.15) is 0 Å². The molecule has 0 aliphatic heterocycles. The number of hydrogen-bond donors (Lipinski definition) is 2. The summed E-state index contributed by atoms with van der Waals surface area (Å²) in [7, 11) is 1.55. The fourth-order valence-corrected chi connectivity index (χ4v) is 1.75. The van der Waals surface area contributed by atoms with Crippen LogP contribution in [0.15, 0.2) is 24.3 Å². The van der Waals surface area contributed by atoms with Crippen LogP contribution in [0.1, 0.15) is 18.9 Å². The van der Waals surface area contributed by atoms with E-state index >= 15 is 0 Å². The Morgan fingerprint density at radius 3 is 2.70 bits per heavy atom. The topological polar surface area (TPSA) is 73.6 Å². The zero-order valence-electron chi connectivity index (χ0n) is 12.4. The molecule has 0 spiro atoms. The first-order chi connectivity index (χ1) is 9.56. The van der Waals surface area contributed by atoms with E-state index in [4.69, 9.17) is 15.2 Å². The summed E-state index contributed by atoms with van der Waals surface area (Å²) in [6.07, 6.45) is -0.0640. The molecule has 0 aromatic heterocycles. The number of amides is 1. The third kappa shape index (κ3) is 5.59. The summed E-state index contributed by atoms with van der Waals surface area (Å²) < 4.78 is 10.9. The van der Waals surface area contributed by atoms with Crippen molar-refractivity contribution in [1.29, 1.82) is 0 Å². The molecule has 0 saturated carbocycles. The van der Waals surface area contributed by atoms with Crippen molar-refractivity contribution in [3.63, 3.8) is 0 Å². The Kier molecular flexibility index (Phi) is 7.04. The number of carbonyl (C=O) groups is 1. The van der Waals surface area contributed by atoms with Crippen LogP contribution in [0, 0.1) is 6.92 Å². The van der Waals surface area contributed by atoms with Crippen LogP contribution in [0.4, 0.5) is 0 Å². The molecule has 1 aromatic carbocycles. The quantitative estimate of drug-likeness (QED) is 0.751. The third-order valence-corrected chi connectivity index (χ3v) is 3.02. The molecule has 0 saturated heterocycles.